The first kappa shape index (κ1) is 19.4. The van der Waals surface area contributed by atoms with Gasteiger partial charge in [0.1, 0.15) is 5.82 Å². The standard InChI is InChI=1S/C25H27N5O/c26-21-8-4-5-9-22(21)28-24(31)19-10-11-23(27-16-19)30-15-13-25(18-30)12-14-29(17-25)20-6-2-1-3-7-20/h1-11,16H,12-15,17-18,26H2,(H,28,31). The van der Waals surface area contributed by atoms with Crippen LogP contribution in [0, 0.1) is 5.41 Å². The highest BCUT2D eigenvalue weighted by molar-refractivity contribution is 6.05. The van der Waals surface area contributed by atoms with Crippen molar-refractivity contribution >= 4 is 28.8 Å². The maximum absolute atomic E-state index is 12.5. The SMILES string of the molecule is Nc1ccccc1NC(=O)c1ccc(N2CCC3(CCN(c4ccccc4)C3)C2)nc1. The lowest BCUT2D eigenvalue weighted by molar-refractivity contribution is 0.102. The number of nitrogens with zero attached hydrogens (tertiary/aromatic N) is 3. The average Bonchev–Trinajstić information content (AvgIpc) is 3.43. The molecule has 1 aromatic heterocycles. The number of carbonyl (C=O) groups excluding carboxylic acids is 1. The molecule has 2 fully saturated rings. The van der Waals surface area contributed by atoms with E-state index in [1.54, 1.807) is 18.3 Å². The van der Waals surface area contributed by atoms with Crippen LogP contribution in [0.1, 0.15) is 23.2 Å². The number of benzene rings is 2. The molecule has 1 atom stereocenters. The van der Waals surface area contributed by atoms with E-state index in [9.17, 15) is 4.79 Å². The Hall–Kier alpha value is -3.54. The molecule has 1 amide bonds. The van der Waals surface area contributed by atoms with Gasteiger partial charge in [-0.15, -0.1) is 0 Å². The van der Waals surface area contributed by atoms with E-state index in [0.717, 1.165) is 32.0 Å². The van der Waals surface area contributed by atoms with E-state index in [1.807, 2.05) is 24.3 Å². The average molecular weight is 414 g/mol. The molecule has 5 rings (SSSR count). The second kappa shape index (κ2) is 7.95. The first-order chi connectivity index (χ1) is 15.1. The summed E-state index contributed by atoms with van der Waals surface area (Å²) in [5, 5.41) is 2.85. The number of hydrogen-bond acceptors (Lipinski definition) is 5. The van der Waals surface area contributed by atoms with E-state index in [2.05, 4.69) is 50.4 Å². The lowest BCUT2D eigenvalue weighted by Gasteiger charge is -2.26. The van der Waals surface area contributed by atoms with Crippen molar-refractivity contribution in [3.8, 4) is 0 Å². The summed E-state index contributed by atoms with van der Waals surface area (Å²) >= 11 is 0. The molecule has 2 aromatic carbocycles. The number of nitrogen functional groups attached to an aromatic ring is 1. The zero-order valence-electron chi connectivity index (χ0n) is 17.5. The lowest BCUT2D eigenvalue weighted by atomic mass is 9.86. The predicted octanol–water partition coefficient (Wildman–Crippen LogP) is 4.02. The minimum atomic E-state index is -0.205. The minimum Gasteiger partial charge on any atom is -0.397 e. The fourth-order valence-electron chi connectivity index (χ4n) is 4.77. The van der Waals surface area contributed by atoms with Crippen molar-refractivity contribution < 1.29 is 4.79 Å². The van der Waals surface area contributed by atoms with E-state index in [4.69, 9.17) is 5.73 Å². The third-order valence-corrected chi connectivity index (χ3v) is 6.54. The summed E-state index contributed by atoms with van der Waals surface area (Å²) in [6.07, 6.45) is 4.03. The number of pyridine rings is 1. The molecule has 0 bridgehead atoms. The van der Waals surface area contributed by atoms with Gasteiger partial charge in [0.25, 0.3) is 5.91 Å². The lowest BCUT2D eigenvalue weighted by Crippen LogP contribution is -2.31. The first-order valence-corrected chi connectivity index (χ1v) is 10.8. The monoisotopic (exact) mass is 413 g/mol. The fraction of sp³-hybridized carbons (Fsp3) is 0.280. The topological polar surface area (TPSA) is 74.5 Å². The van der Waals surface area contributed by atoms with E-state index in [0.29, 0.717) is 22.4 Å². The van der Waals surface area contributed by atoms with Gasteiger partial charge >= 0.3 is 0 Å². The van der Waals surface area contributed by atoms with Crippen LogP contribution in [0.3, 0.4) is 0 Å². The number of nitrogens with two attached hydrogens (primary N) is 1. The van der Waals surface area contributed by atoms with Crippen LogP contribution < -0.4 is 20.9 Å². The highest BCUT2D eigenvalue weighted by atomic mass is 16.1. The maximum Gasteiger partial charge on any atom is 0.257 e. The van der Waals surface area contributed by atoms with E-state index >= 15 is 0 Å². The number of nitrogens with one attached hydrogen (secondary N) is 1. The van der Waals surface area contributed by atoms with Crippen molar-refractivity contribution in [2.75, 3.05) is 47.0 Å². The van der Waals surface area contributed by atoms with Crippen molar-refractivity contribution in [3.05, 3.63) is 78.5 Å². The van der Waals surface area contributed by atoms with Crippen LogP contribution in [0.5, 0.6) is 0 Å². The van der Waals surface area contributed by atoms with Gasteiger partial charge in [-0.05, 0) is 49.2 Å². The zero-order chi connectivity index (χ0) is 21.3. The van der Waals surface area contributed by atoms with Gasteiger partial charge in [0.2, 0.25) is 0 Å². The van der Waals surface area contributed by atoms with Crippen LogP contribution in [0.4, 0.5) is 22.9 Å². The molecule has 158 valence electrons. The molecule has 31 heavy (non-hydrogen) atoms. The number of anilines is 4. The fourth-order valence-corrected chi connectivity index (χ4v) is 4.77. The Morgan fingerprint density at radius 3 is 2.35 bits per heavy atom. The van der Waals surface area contributed by atoms with Crippen molar-refractivity contribution in [1.29, 1.82) is 0 Å². The summed E-state index contributed by atoms with van der Waals surface area (Å²) in [5.41, 5.74) is 9.23. The number of amides is 1. The molecular formula is C25H27N5O. The first-order valence-electron chi connectivity index (χ1n) is 10.8. The molecule has 3 heterocycles. The molecule has 2 aliphatic heterocycles. The van der Waals surface area contributed by atoms with Crippen molar-refractivity contribution in [1.82, 2.24) is 4.98 Å². The molecule has 0 aliphatic carbocycles. The number of rotatable bonds is 4. The van der Waals surface area contributed by atoms with Gasteiger partial charge < -0.3 is 20.9 Å². The number of hydrogen-bond donors (Lipinski definition) is 2. The Morgan fingerprint density at radius 1 is 0.903 bits per heavy atom. The smallest absolute Gasteiger partial charge is 0.257 e. The van der Waals surface area contributed by atoms with Gasteiger partial charge in [-0.25, -0.2) is 4.98 Å². The van der Waals surface area contributed by atoms with Crippen molar-refractivity contribution in [3.63, 3.8) is 0 Å². The Morgan fingerprint density at radius 2 is 1.61 bits per heavy atom. The highest BCUT2D eigenvalue weighted by Crippen LogP contribution is 2.42. The summed E-state index contributed by atoms with van der Waals surface area (Å²) in [5.74, 6) is 0.731. The molecule has 3 N–H and O–H groups in total. The van der Waals surface area contributed by atoms with Gasteiger partial charge in [0.05, 0.1) is 16.9 Å². The van der Waals surface area contributed by atoms with E-state index < -0.39 is 0 Å². The molecule has 3 aromatic rings. The molecule has 1 unspecified atom stereocenters. The van der Waals surface area contributed by atoms with Gasteiger partial charge in [-0.1, -0.05) is 30.3 Å². The number of carbonyl (C=O) groups is 1. The molecular weight excluding hydrogens is 386 g/mol. The molecule has 6 nitrogen and oxygen atoms in total. The second-order valence-electron chi connectivity index (χ2n) is 8.63. The summed E-state index contributed by atoms with van der Waals surface area (Å²) in [6, 6.07) is 21.7. The van der Waals surface area contributed by atoms with Crippen LogP contribution in [0.2, 0.25) is 0 Å². The second-order valence-corrected chi connectivity index (χ2v) is 8.63. The number of aromatic nitrogens is 1. The van der Waals surface area contributed by atoms with Crippen molar-refractivity contribution in [2.24, 2.45) is 5.41 Å². The maximum atomic E-state index is 12.5. The minimum absolute atomic E-state index is 0.205. The molecule has 0 saturated carbocycles. The van der Waals surface area contributed by atoms with Gasteiger partial charge in [-0.3, -0.25) is 4.79 Å². The Balaban J connectivity index is 1.23. The van der Waals surface area contributed by atoms with Gasteiger partial charge in [0, 0.05) is 43.5 Å². The van der Waals surface area contributed by atoms with Gasteiger partial charge in [0.15, 0.2) is 0 Å². The van der Waals surface area contributed by atoms with E-state index in [1.165, 1.54) is 18.5 Å². The van der Waals surface area contributed by atoms with Crippen LogP contribution in [-0.2, 0) is 0 Å². The van der Waals surface area contributed by atoms with Crippen LogP contribution in [0.25, 0.3) is 0 Å². The third-order valence-electron chi connectivity index (χ3n) is 6.54. The quantitative estimate of drug-likeness (QED) is 0.632. The molecule has 2 saturated heterocycles. The van der Waals surface area contributed by atoms with Crippen molar-refractivity contribution in [2.45, 2.75) is 12.8 Å². The predicted molar refractivity (Wildman–Crippen MR) is 126 cm³/mol. The summed E-state index contributed by atoms with van der Waals surface area (Å²) < 4.78 is 0. The summed E-state index contributed by atoms with van der Waals surface area (Å²) in [4.78, 5) is 22.0. The van der Waals surface area contributed by atoms with Gasteiger partial charge in [-0.2, -0.15) is 0 Å². The Kier molecular flexibility index (Phi) is 4.98. The normalized spacial score (nSPS) is 20.4. The summed E-state index contributed by atoms with van der Waals surface area (Å²) in [6.45, 7) is 4.21. The van der Waals surface area contributed by atoms with E-state index in [-0.39, 0.29) is 5.91 Å². The highest BCUT2D eigenvalue weighted by Gasteiger charge is 2.43. The molecule has 2 aliphatic rings. The molecule has 6 heteroatoms. The zero-order valence-corrected chi connectivity index (χ0v) is 17.5. The number of para-hydroxylation sites is 3. The van der Waals surface area contributed by atoms with Crippen LogP contribution in [0.15, 0.2) is 72.9 Å². The van der Waals surface area contributed by atoms with Crippen LogP contribution >= 0.6 is 0 Å². The summed E-state index contributed by atoms with van der Waals surface area (Å²) in [7, 11) is 0. The molecule has 0 radical (unpaired) electrons. The Bertz CT molecular complexity index is 1070. The third kappa shape index (κ3) is 3.93. The largest absolute Gasteiger partial charge is 0.397 e. The Labute approximate surface area is 182 Å². The van der Waals surface area contributed by atoms with Crippen LogP contribution in [-0.4, -0.2) is 37.1 Å². The molecule has 1 spiro atoms.